The lowest BCUT2D eigenvalue weighted by molar-refractivity contribution is 0.222. The van der Waals surface area contributed by atoms with Crippen molar-refractivity contribution in [3.8, 4) is 28.6 Å². The summed E-state index contributed by atoms with van der Waals surface area (Å²) in [5.41, 5.74) is 1.95. The van der Waals surface area contributed by atoms with Crippen molar-refractivity contribution in [3.05, 3.63) is 36.0 Å². The molecule has 0 amide bonds. The molecule has 10 heteroatoms. The lowest BCUT2D eigenvalue weighted by atomic mass is 10.0. The summed E-state index contributed by atoms with van der Waals surface area (Å²) in [4.78, 5) is 11.6. The smallest absolute Gasteiger partial charge is 0.243 e. The second-order valence-electron chi connectivity index (χ2n) is 8.93. The van der Waals surface area contributed by atoms with Crippen molar-refractivity contribution in [3.63, 3.8) is 0 Å². The van der Waals surface area contributed by atoms with E-state index in [0.29, 0.717) is 66.6 Å². The van der Waals surface area contributed by atoms with E-state index < -0.39 is 10.0 Å². The van der Waals surface area contributed by atoms with Gasteiger partial charge in [0.1, 0.15) is 17.2 Å². The fourth-order valence-corrected chi connectivity index (χ4v) is 5.86. The van der Waals surface area contributed by atoms with Crippen LogP contribution in [0.15, 0.2) is 35.4 Å². The van der Waals surface area contributed by atoms with Crippen molar-refractivity contribution in [2.75, 3.05) is 46.9 Å². The molecule has 0 aliphatic carbocycles. The number of benzene rings is 2. The summed E-state index contributed by atoms with van der Waals surface area (Å²) in [5.74, 6) is 1.42. The van der Waals surface area contributed by atoms with Crippen LogP contribution in [0.4, 0.5) is 0 Å². The molecule has 0 atom stereocenters. The zero-order valence-corrected chi connectivity index (χ0v) is 22.1. The number of phenols is 1. The number of methoxy groups -OCH3 is 1. The molecule has 1 aliphatic heterocycles. The van der Waals surface area contributed by atoms with Crippen LogP contribution < -0.4 is 9.47 Å². The Balaban J connectivity index is 1.85. The number of rotatable bonds is 9. The second-order valence-corrected chi connectivity index (χ2v) is 10.9. The van der Waals surface area contributed by atoms with Gasteiger partial charge in [0.05, 0.1) is 35.1 Å². The molecule has 9 nitrogen and oxygen atoms in total. The van der Waals surface area contributed by atoms with Gasteiger partial charge < -0.3 is 19.5 Å². The fourth-order valence-electron chi connectivity index (χ4n) is 4.42. The number of likely N-dealkylation sites (N-methyl/N-ethyl adjacent to an activating group) is 1. The van der Waals surface area contributed by atoms with Gasteiger partial charge >= 0.3 is 0 Å². The van der Waals surface area contributed by atoms with Crippen LogP contribution in [0.5, 0.6) is 17.2 Å². The number of aryl methyl sites for hydroxylation is 1. The number of aromatic hydroxyl groups is 1. The van der Waals surface area contributed by atoms with E-state index in [-0.39, 0.29) is 10.6 Å². The topological polar surface area (TPSA) is 105 Å². The predicted molar refractivity (Wildman–Crippen MR) is 139 cm³/mol. The first kappa shape index (κ1) is 26.1. The summed E-state index contributed by atoms with van der Waals surface area (Å²) >= 11 is 0. The maximum Gasteiger partial charge on any atom is 0.243 e. The minimum Gasteiger partial charge on any atom is -0.507 e. The van der Waals surface area contributed by atoms with Gasteiger partial charge in [-0.2, -0.15) is 4.31 Å². The van der Waals surface area contributed by atoms with Gasteiger partial charge in [0, 0.05) is 44.0 Å². The van der Waals surface area contributed by atoms with Crippen LogP contribution in [0.25, 0.3) is 22.3 Å². The largest absolute Gasteiger partial charge is 0.507 e. The van der Waals surface area contributed by atoms with Crippen molar-refractivity contribution >= 4 is 20.9 Å². The van der Waals surface area contributed by atoms with Crippen LogP contribution in [0, 0.1) is 0 Å². The molecule has 1 fully saturated rings. The van der Waals surface area contributed by atoms with E-state index in [1.807, 2.05) is 14.0 Å². The van der Waals surface area contributed by atoms with Crippen LogP contribution in [-0.2, 0) is 16.4 Å². The third-order valence-electron chi connectivity index (χ3n) is 6.51. The minimum absolute atomic E-state index is 0.0325. The van der Waals surface area contributed by atoms with Gasteiger partial charge in [-0.25, -0.2) is 18.4 Å². The van der Waals surface area contributed by atoms with Crippen molar-refractivity contribution in [2.45, 2.75) is 38.0 Å². The number of hydrogen-bond donors (Lipinski definition) is 1. The molecule has 2 heterocycles. The van der Waals surface area contributed by atoms with Crippen LogP contribution in [0.2, 0.25) is 0 Å². The van der Waals surface area contributed by atoms with Gasteiger partial charge in [-0.15, -0.1) is 0 Å². The Labute approximate surface area is 212 Å². The number of sulfonamides is 1. The Bertz CT molecular complexity index is 1340. The molecule has 36 heavy (non-hydrogen) atoms. The molecular weight excluding hydrogens is 480 g/mol. The van der Waals surface area contributed by atoms with E-state index in [1.54, 1.807) is 37.6 Å². The average molecular weight is 515 g/mol. The zero-order chi connectivity index (χ0) is 25.9. The first-order valence-electron chi connectivity index (χ1n) is 12.3. The standard InChI is InChI=1S/C26H34N4O5S/c1-5-7-8-19-24(34-4)16-22(31)21-17-27-26(28-25(19)21)20-15-18(9-10-23(20)35-6-2)36(32,33)30-13-11-29(3)12-14-30/h9-10,15-17,31H,5-8,11-14H2,1-4H3. The number of piperazine rings is 1. The monoisotopic (exact) mass is 514 g/mol. The first-order valence-corrected chi connectivity index (χ1v) is 13.8. The predicted octanol–water partition coefficient (Wildman–Crippen LogP) is 3.69. The summed E-state index contributed by atoms with van der Waals surface area (Å²) in [6.07, 6.45) is 4.21. The molecular formula is C26H34N4O5S. The molecule has 4 rings (SSSR count). The van der Waals surface area contributed by atoms with Crippen LogP contribution in [0.1, 0.15) is 32.3 Å². The Morgan fingerprint density at radius 1 is 1.08 bits per heavy atom. The summed E-state index contributed by atoms with van der Waals surface area (Å²) in [5, 5.41) is 11.1. The molecule has 0 radical (unpaired) electrons. The van der Waals surface area contributed by atoms with E-state index in [2.05, 4.69) is 16.8 Å². The Hall–Kier alpha value is -2.95. The summed E-state index contributed by atoms with van der Waals surface area (Å²) in [6, 6.07) is 6.41. The maximum absolute atomic E-state index is 13.4. The number of aromatic nitrogens is 2. The minimum atomic E-state index is -3.69. The van der Waals surface area contributed by atoms with E-state index >= 15 is 0 Å². The molecule has 0 bridgehead atoms. The van der Waals surface area contributed by atoms with E-state index in [0.717, 1.165) is 24.8 Å². The second kappa shape index (κ2) is 11.0. The van der Waals surface area contributed by atoms with E-state index in [1.165, 1.54) is 4.31 Å². The zero-order valence-electron chi connectivity index (χ0n) is 21.3. The lowest BCUT2D eigenvalue weighted by Crippen LogP contribution is -2.47. The molecule has 1 aliphatic rings. The molecule has 2 aromatic carbocycles. The number of nitrogens with zero attached hydrogens (tertiary/aromatic N) is 4. The Kier molecular flexibility index (Phi) is 7.97. The number of fused-ring (bicyclic) bond motifs is 1. The average Bonchev–Trinajstić information content (AvgIpc) is 2.88. The molecule has 0 unspecified atom stereocenters. The Morgan fingerprint density at radius 3 is 2.50 bits per heavy atom. The summed E-state index contributed by atoms with van der Waals surface area (Å²) in [6.45, 7) is 6.62. The third-order valence-corrected chi connectivity index (χ3v) is 8.40. The van der Waals surface area contributed by atoms with Crippen molar-refractivity contribution in [2.24, 2.45) is 0 Å². The molecule has 1 saturated heterocycles. The fraction of sp³-hybridized carbons (Fsp3) is 0.462. The highest BCUT2D eigenvalue weighted by atomic mass is 32.2. The van der Waals surface area contributed by atoms with Gasteiger partial charge in [0.2, 0.25) is 10.0 Å². The van der Waals surface area contributed by atoms with Gasteiger partial charge in [-0.3, -0.25) is 0 Å². The molecule has 1 aromatic heterocycles. The molecule has 0 spiro atoms. The van der Waals surface area contributed by atoms with Gasteiger partial charge in [0.25, 0.3) is 0 Å². The van der Waals surface area contributed by atoms with Gasteiger partial charge in [0.15, 0.2) is 5.82 Å². The number of ether oxygens (including phenoxy) is 2. The van der Waals surface area contributed by atoms with Crippen molar-refractivity contribution in [1.82, 2.24) is 19.2 Å². The van der Waals surface area contributed by atoms with Crippen LogP contribution in [-0.4, -0.2) is 79.6 Å². The summed E-state index contributed by atoms with van der Waals surface area (Å²) < 4.78 is 39.8. The van der Waals surface area contributed by atoms with E-state index in [4.69, 9.17) is 14.5 Å². The number of hydrogen-bond acceptors (Lipinski definition) is 8. The normalized spacial score (nSPS) is 15.3. The maximum atomic E-state index is 13.4. The molecule has 3 aromatic rings. The quantitative estimate of drug-likeness (QED) is 0.461. The van der Waals surface area contributed by atoms with Crippen LogP contribution >= 0.6 is 0 Å². The van der Waals surface area contributed by atoms with E-state index in [9.17, 15) is 13.5 Å². The van der Waals surface area contributed by atoms with Crippen molar-refractivity contribution in [1.29, 1.82) is 0 Å². The number of phenolic OH excluding ortho intramolecular Hbond substituents is 1. The Morgan fingerprint density at radius 2 is 1.83 bits per heavy atom. The van der Waals surface area contributed by atoms with Gasteiger partial charge in [-0.05, 0) is 45.0 Å². The molecule has 1 N–H and O–H groups in total. The lowest BCUT2D eigenvalue weighted by Gasteiger charge is -2.31. The first-order chi connectivity index (χ1) is 17.3. The highest BCUT2D eigenvalue weighted by Crippen LogP contribution is 2.38. The van der Waals surface area contributed by atoms with Crippen LogP contribution in [0.3, 0.4) is 0 Å². The molecule has 0 saturated carbocycles. The highest BCUT2D eigenvalue weighted by molar-refractivity contribution is 7.89. The highest BCUT2D eigenvalue weighted by Gasteiger charge is 2.29. The van der Waals surface area contributed by atoms with Gasteiger partial charge in [-0.1, -0.05) is 13.3 Å². The SMILES string of the molecule is CCCCc1c(OC)cc(O)c2cnc(-c3cc(S(=O)(=O)N4CCN(C)CC4)ccc3OCC)nc12. The van der Waals surface area contributed by atoms with Crippen molar-refractivity contribution < 1.29 is 23.0 Å². The molecule has 194 valence electrons. The summed E-state index contributed by atoms with van der Waals surface area (Å²) in [7, 11) is -0.141. The number of unbranched alkanes of at least 4 members (excludes halogenated alkanes) is 1. The third kappa shape index (κ3) is 5.11.